The first kappa shape index (κ1) is 33.0. The molecule has 1 aromatic heterocycles. The zero-order valence-corrected chi connectivity index (χ0v) is 28.0. The third-order valence-corrected chi connectivity index (χ3v) is 9.88. The van der Waals surface area contributed by atoms with Gasteiger partial charge in [-0.25, -0.2) is 13.2 Å². The monoisotopic (exact) mass is 681 g/mol. The van der Waals surface area contributed by atoms with Crippen molar-refractivity contribution in [2.24, 2.45) is 0 Å². The van der Waals surface area contributed by atoms with Gasteiger partial charge in [-0.1, -0.05) is 25.3 Å². The van der Waals surface area contributed by atoms with Crippen LogP contribution in [-0.2, 0) is 27.9 Å². The summed E-state index contributed by atoms with van der Waals surface area (Å²) in [7, 11) is -3.44. The maximum absolute atomic E-state index is 11.9. The summed E-state index contributed by atoms with van der Waals surface area (Å²) < 4.78 is 47.0. The number of hydrogen-bond acceptors (Lipinski definition) is 7. The lowest BCUT2D eigenvalue weighted by molar-refractivity contribution is 0.0697. The van der Waals surface area contributed by atoms with Gasteiger partial charge in [-0.3, -0.25) is 4.72 Å². The van der Waals surface area contributed by atoms with E-state index in [4.69, 9.17) is 14.2 Å². The zero-order chi connectivity index (χ0) is 31.8. The van der Waals surface area contributed by atoms with E-state index in [9.17, 15) is 18.3 Å². The summed E-state index contributed by atoms with van der Waals surface area (Å²) in [5.74, 6) is 0.843. The second-order valence-electron chi connectivity index (χ2n) is 12.4. The smallest absolute Gasteiger partial charge is 0.335 e. The van der Waals surface area contributed by atoms with Crippen LogP contribution in [0.25, 0.3) is 22.2 Å². The SMILES string of the molecule is CS(=O)(=O)Nc1ccc(N2CCOCC2)c(COc2ccc3c(c2)OCCn2c-3c(C3CCCCC3)c3ccc(C(=O)O)cc32)c1.Cl. The Balaban J connectivity index is 0.00000386. The van der Waals surface area contributed by atoms with Gasteiger partial charge >= 0.3 is 5.97 Å². The molecule has 1 saturated carbocycles. The van der Waals surface area contributed by atoms with Crippen LogP contribution in [0.3, 0.4) is 0 Å². The molecular weight excluding hydrogens is 642 g/mol. The molecule has 4 aromatic rings. The molecule has 2 N–H and O–H groups in total. The fourth-order valence-electron chi connectivity index (χ4n) is 7.24. The number of morpholine rings is 1. The minimum absolute atomic E-state index is 0. The van der Waals surface area contributed by atoms with E-state index in [2.05, 4.69) is 20.3 Å². The lowest BCUT2D eigenvalue weighted by atomic mass is 9.81. The molecular formula is C35H40ClN3O7S. The Labute approximate surface area is 281 Å². The van der Waals surface area contributed by atoms with Crippen LogP contribution in [0.2, 0.25) is 0 Å². The van der Waals surface area contributed by atoms with Crippen LogP contribution in [0.4, 0.5) is 11.4 Å². The average molecular weight is 682 g/mol. The number of anilines is 2. The number of halogens is 1. The highest BCUT2D eigenvalue weighted by molar-refractivity contribution is 7.92. The van der Waals surface area contributed by atoms with Gasteiger partial charge in [0, 0.05) is 52.6 Å². The molecule has 0 amide bonds. The summed E-state index contributed by atoms with van der Waals surface area (Å²) >= 11 is 0. The molecule has 3 aromatic carbocycles. The number of ether oxygens (including phenoxy) is 3. The van der Waals surface area contributed by atoms with Gasteiger partial charge in [0.1, 0.15) is 24.7 Å². The Hall–Kier alpha value is -3.93. The fraction of sp³-hybridized carbons (Fsp3) is 0.400. The van der Waals surface area contributed by atoms with E-state index in [0.717, 1.165) is 71.3 Å². The van der Waals surface area contributed by atoms with Crippen LogP contribution < -0.4 is 19.1 Å². The summed E-state index contributed by atoms with van der Waals surface area (Å²) in [6.45, 7) is 4.01. The van der Waals surface area contributed by atoms with E-state index in [1.165, 1.54) is 24.8 Å². The minimum Gasteiger partial charge on any atom is -0.491 e. The predicted octanol–water partition coefficient (Wildman–Crippen LogP) is 6.66. The van der Waals surface area contributed by atoms with Crippen molar-refractivity contribution in [3.63, 3.8) is 0 Å². The van der Waals surface area contributed by atoms with Crippen LogP contribution in [0.5, 0.6) is 11.5 Å². The van der Waals surface area contributed by atoms with Crippen molar-refractivity contribution < 1.29 is 32.5 Å². The van der Waals surface area contributed by atoms with E-state index >= 15 is 0 Å². The fourth-order valence-corrected chi connectivity index (χ4v) is 7.80. The van der Waals surface area contributed by atoms with Gasteiger partial charge < -0.3 is 28.8 Å². The normalized spacial score (nSPS) is 16.7. The van der Waals surface area contributed by atoms with Crippen molar-refractivity contribution in [3.8, 4) is 22.8 Å². The highest BCUT2D eigenvalue weighted by Gasteiger charge is 2.30. The number of nitrogens with one attached hydrogen (secondary N) is 1. The molecule has 12 heteroatoms. The quantitative estimate of drug-likeness (QED) is 0.212. The number of aromatic carboxylic acids is 1. The first-order chi connectivity index (χ1) is 22.2. The van der Waals surface area contributed by atoms with Gasteiger partial charge in [-0.05, 0) is 66.8 Å². The molecule has 1 aliphatic carbocycles. The number of hydrogen-bond donors (Lipinski definition) is 2. The van der Waals surface area contributed by atoms with E-state index in [0.29, 0.717) is 43.7 Å². The summed E-state index contributed by atoms with van der Waals surface area (Å²) in [6.07, 6.45) is 6.99. The molecule has 3 aliphatic rings. The van der Waals surface area contributed by atoms with Crippen molar-refractivity contribution in [1.29, 1.82) is 0 Å². The van der Waals surface area contributed by atoms with Gasteiger partial charge in [0.05, 0.1) is 37.3 Å². The lowest BCUT2D eigenvalue weighted by Crippen LogP contribution is -2.36. The lowest BCUT2D eigenvalue weighted by Gasteiger charge is -2.31. The van der Waals surface area contributed by atoms with E-state index in [-0.39, 0.29) is 24.6 Å². The number of rotatable bonds is 8. The summed E-state index contributed by atoms with van der Waals surface area (Å²) in [6, 6.07) is 17.0. The Morgan fingerprint density at radius 3 is 2.51 bits per heavy atom. The van der Waals surface area contributed by atoms with E-state index in [1.807, 2.05) is 30.3 Å². The van der Waals surface area contributed by atoms with Crippen molar-refractivity contribution in [1.82, 2.24) is 4.57 Å². The van der Waals surface area contributed by atoms with Gasteiger partial charge in [-0.15, -0.1) is 12.4 Å². The van der Waals surface area contributed by atoms with Crippen molar-refractivity contribution in [2.45, 2.75) is 51.2 Å². The third kappa shape index (κ3) is 6.88. The summed E-state index contributed by atoms with van der Waals surface area (Å²) in [5.41, 5.74) is 6.92. The average Bonchev–Trinajstić information content (AvgIpc) is 3.25. The van der Waals surface area contributed by atoms with E-state index < -0.39 is 16.0 Å². The molecule has 0 radical (unpaired) electrons. The molecule has 1 saturated heterocycles. The minimum atomic E-state index is -3.44. The van der Waals surface area contributed by atoms with Crippen LogP contribution >= 0.6 is 12.4 Å². The molecule has 10 nitrogen and oxygen atoms in total. The van der Waals surface area contributed by atoms with Gasteiger partial charge in [-0.2, -0.15) is 0 Å². The zero-order valence-electron chi connectivity index (χ0n) is 26.4. The Kier molecular flexibility index (Phi) is 9.59. The van der Waals surface area contributed by atoms with Crippen LogP contribution in [-0.4, -0.2) is 63.2 Å². The van der Waals surface area contributed by atoms with E-state index in [1.54, 1.807) is 18.2 Å². The molecule has 47 heavy (non-hydrogen) atoms. The number of fused-ring (bicyclic) bond motifs is 5. The van der Waals surface area contributed by atoms with Crippen molar-refractivity contribution in [2.75, 3.05) is 48.8 Å². The van der Waals surface area contributed by atoms with Crippen molar-refractivity contribution >= 4 is 50.7 Å². The van der Waals surface area contributed by atoms with Crippen LogP contribution in [0, 0.1) is 0 Å². The highest BCUT2D eigenvalue weighted by Crippen LogP contribution is 2.48. The molecule has 0 spiro atoms. The number of sulfonamides is 1. The van der Waals surface area contributed by atoms with Crippen molar-refractivity contribution in [3.05, 3.63) is 71.3 Å². The van der Waals surface area contributed by atoms with Gasteiger partial charge in [0.2, 0.25) is 10.0 Å². The van der Waals surface area contributed by atoms with Gasteiger partial charge in [0.25, 0.3) is 0 Å². The Morgan fingerprint density at radius 1 is 0.979 bits per heavy atom. The number of benzene rings is 3. The molecule has 250 valence electrons. The maximum Gasteiger partial charge on any atom is 0.335 e. The predicted molar refractivity (Wildman–Crippen MR) is 185 cm³/mol. The Bertz CT molecular complexity index is 1900. The molecule has 7 rings (SSSR count). The number of carbonyl (C=O) groups is 1. The Morgan fingerprint density at radius 2 is 1.77 bits per heavy atom. The van der Waals surface area contributed by atoms with Crippen LogP contribution in [0.15, 0.2) is 54.6 Å². The standard InChI is InChI=1S/C35H39N3O7S.ClH/c1-46(41,42)36-26-8-12-30(37-13-16-43-17-14-37)25(19-26)22-45-27-9-11-29-32(21-27)44-18-15-38-31-20-24(35(39)40)7-10-28(31)33(34(29)38)23-5-3-2-4-6-23;/h7-12,19-21,23,36H,2-6,13-18,22H2,1H3,(H,39,40);1H. The summed E-state index contributed by atoms with van der Waals surface area (Å²) in [4.78, 5) is 14.1. The number of aromatic nitrogens is 1. The highest BCUT2D eigenvalue weighted by atomic mass is 35.5. The first-order valence-electron chi connectivity index (χ1n) is 16.0. The number of carboxylic acid groups (broad SMARTS) is 1. The second-order valence-corrected chi connectivity index (χ2v) is 14.1. The maximum atomic E-state index is 11.9. The molecule has 3 heterocycles. The first-order valence-corrected chi connectivity index (χ1v) is 17.9. The van der Waals surface area contributed by atoms with Gasteiger partial charge in [0.15, 0.2) is 0 Å². The molecule has 2 fully saturated rings. The molecule has 2 aliphatic heterocycles. The van der Waals surface area contributed by atoms with Crippen LogP contribution in [0.1, 0.15) is 59.5 Å². The number of carboxylic acids is 1. The molecule has 0 bridgehead atoms. The molecule has 0 unspecified atom stereocenters. The number of nitrogens with zero attached hydrogens (tertiary/aromatic N) is 2. The largest absolute Gasteiger partial charge is 0.491 e. The topological polar surface area (TPSA) is 119 Å². The molecule has 0 atom stereocenters. The summed E-state index contributed by atoms with van der Waals surface area (Å²) in [5, 5.41) is 10.9. The second kappa shape index (κ2) is 13.7. The third-order valence-electron chi connectivity index (χ3n) is 9.27.